The fraction of sp³-hybridized carbons (Fsp3) is 0.0526. The standard InChI is InChI=1S/C19H18N2S/c20-19(15-9-3-1-4-10-15)21-17-13-7-8-14-18(17)22-16-11-5-2-6-12-16/h1-14,19,21H,20H2. The summed E-state index contributed by atoms with van der Waals surface area (Å²) in [6.07, 6.45) is -0.223. The number of rotatable bonds is 5. The van der Waals surface area contributed by atoms with Gasteiger partial charge in [-0.15, -0.1) is 0 Å². The molecule has 3 rings (SSSR count). The van der Waals surface area contributed by atoms with Crippen LogP contribution in [0.3, 0.4) is 0 Å². The molecule has 0 aromatic heterocycles. The van der Waals surface area contributed by atoms with Crippen molar-refractivity contribution in [3.05, 3.63) is 90.5 Å². The van der Waals surface area contributed by atoms with E-state index < -0.39 is 0 Å². The van der Waals surface area contributed by atoms with Gasteiger partial charge in [0.05, 0.1) is 0 Å². The summed E-state index contributed by atoms with van der Waals surface area (Å²) in [5, 5.41) is 3.40. The third kappa shape index (κ3) is 3.70. The first-order chi connectivity index (χ1) is 10.8. The zero-order valence-corrected chi connectivity index (χ0v) is 13.0. The van der Waals surface area contributed by atoms with E-state index in [1.165, 1.54) is 9.79 Å². The third-order valence-electron chi connectivity index (χ3n) is 3.33. The Morgan fingerprint density at radius 3 is 2.05 bits per heavy atom. The normalized spacial score (nSPS) is 11.9. The summed E-state index contributed by atoms with van der Waals surface area (Å²) in [5.41, 5.74) is 8.39. The molecule has 22 heavy (non-hydrogen) atoms. The molecule has 0 saturated carbocycles. The molecule has 0 radical (unpaired) electrons. The molecule has 0 amide bonds. The van der Waals surface area contributed by atoms with Crippen molar-refractivity contribution in [3.63, 3.8) is 0 Å². The summed E-state index contributed by atoms with van der Waals surface area (Å²) in [5.74, 6) is 0. The van der Waals surface area contributed by atoms with Crippen molar-refractivity contribution in [2.24, 2.45) is 5.73 Å². The van der Waals surface area contributed by atoms with Gasteiger partial charge in [-0.1, -0.05) is 72.4 Å². The average molecular weight is 306 g/mol. The number of benzene rings is 3. The SMILES string of the molecule is NC(Nc1ccccc1Sc1ccccc1)c1ccccc1. The quantitative estimate of drug-likeness (QED) is 0.658. The van der Waals surface area contributed by atoms with Crippen LogP contribution in [0.5, 0.6) is 0 Å². The van der Waals surface area contributed by atoms with Crippen molar-refractivity contribution in [2.75, 3.05) is 5.32 Å². The Morgan fingerprint density at radius 2 is 1.32 bits per heavy atom. The monoisotopic (exact) mass is 306 g/mol. The highest BCUT2D eigenvalue weighted by Gasteiger charge is 2.09. The van der Waals surface area contributed by atoms with Crippen LogP contribution in [-0.2, 0) is 0 Å². The smallest absolute Gasteiger partial charge is 0.101 e. The van der Waals surface area contributed by atoms with E-state index in [9.17, 15) is 0 Å². The maximum Gasteiger partial charge on any atom is 0.101 e. The van der Waals surface area contributed by atoms with Crippen LogP contribution in [0, 0.1) is 0 Å². The molecule has 0 saturated heterocycles. The van der Waals surface area contributed by atoms with Gasteiger partial charge in [-0.05, 0) is 29.8 Å². The van der Waals surface area contributed by atoms with Gasteiger partial charge in [-0.25, -0.2) is 0 Å². The Hall–Kier alpha value is -2.23. The zero-order valence-electron chi connectivity index (χ0n) is 12.1. The first-order valence-electron chi connectivity index (χ1n) is 7.22. The highest BCUT2D eigenvalue weighted by Crippen LogP contribution is 2.34. The molecule has 0 spiro atoms. The molecular weight excluding hydrogens is 288 g/mol. The van der Waals surface area contributed by atoms with E-state index in [1.807, 2.05) is 60.7 Å². The molecule has 110 valence electrons. The minimum Gasteiger partial charge on any atom is -0.365 e. The molecule has 1 unspecified atom stereocenters. The number of para-hydroxylation sites is 1. The van der Waals surface area contributed by atoms with Gasteiger partial charge in [0, 0.05) is 15.5 Å². The van der Waals surface area contributed by atoms with E-state index in [0.717, 1.165) is 11.3 Å². The minimum absolute atomic E-state index is 0.223. The summed E-state index contributed by atoms with van der Waals surface area (Å²) in [6, 6.07) is 28.7. The first-order valence-corrected chi connectivity index (χ1v) is 8.03. The maximum atomic E-state index is 6.27. The summed E-state index contributed by atoms with van der Waals surface area (Å²) in [7, 11) is 0. The summed E-state index contributed by atoms with van der Waals surface area (Å²) < 4.78 is 0. The molecule has 2 nitrogen and oxygen atoms in total. The van der Waals surface area contributed by atoms with Crippen LogP contribution in [0.4, 0.5) is 5.69 Å². The Morgan fingerprint density at radius 1 is 0.727 bits per heavy atom. The second-order valence-corrected chi connectivity index (χ2v) is 6.06. The van der Waals surface area contributed by atoms with E-state index in [0.29, 0.717) is 0 Å². The molecule has 0 aliphatic heterocycles. The van der Waals surface area contributed by atoms with Gasteiger partial charge in [0.2, 0.25) is 0 Å². The van der Waals surface area contributed by atoms with Crippen LogP contribution in [0.15, 0.2) is 94.7 Å². The van der Waals surface area contributed by atoms with Crippen molar-refractivity contribution >= 4 is 17.4 Å². The van der Waals surface area contributed by atoms with Gasteiger partial charge >= 0.3 is 0 Å². The first kappa shape index (κ1) is 14.7. The predicted molar refractivity (Wildman–Crippen MR) is 94.0 cm³/mol. The molecule has 0 fully saturated rings. The molecule has 0 heterocycles. The zero-order chi connectivity index (χ0) is 15.2. The van der Waals surface area contributed by atoms with E-state index in [-0.39, 0.29) is 6.17 Å². The molecule has 3 aromatic carbocycles. The van der Waals surface area contributed by atoms with Gasteiger partial charge in [-0.2, -0.15) is 0 Å². The molecule has 0 aliphatic carbocycles. The lowest BCUT2D eigenvalue weighted by atomic mass is 10.2. The number of nitrogens with one attached hydrogen (secondary N) is 1. The Kier molecular flexibility index (Phi) is 4.78. The number of anilines is 1. The van der Waals surface area contributed by atoms with Gasteiger partial charge in [0.15, 0.2) is 0 Å². The lowest BCUT2D eigenvalue weighted by Crippen LogP contribution is -2.20. The highest BCUT2D eigenvalue weighted by atomic mass is 32.2. The van der Waals surface area contributed by atoms with Crippen molar-refractivity contribution in [1.29, 1.82) is 0 Å². The van der Waals surface area contributed by atoms with Gasteiger partial charge in [0.1, 0.15) is 6.17 Å². The molecular formula is C19H18N2S. The molecule has 3 aromatic rings. The summed E-state index contributed by atoms with van der Waals surface area (Å²) >= 11 is 1.73. The fourth-order valence-electron chi connectivity index (χ4n) is 2.20. The number of nitrogens with two attached hydrogens (primary N) is 1. The van der Waals surface area contributed by atoms with Crippen molar-refractivity contribution < 1.29 is 0 Å². The summed E-state index contributed by atoms with van der Waals surface area (Å²) in [6.45, 7) is 0. The Bertz CT molecular complexity index is 714. The van der Waals surface area contributed by atoms with E-state index in [2.05, 4.69) is 29.6 Å². The molecule has 3 heteroatoms. The van der Waals surface area contributed by atoms with Gasteiger partial charge in [-0.3, -0.25) is 0 Å². The van der Waals surface area contributed by atoms with Crippen LogP contribution < -0.4 is 11.1 Å². The number of hydrogen-bond donors (Lipinski definition) is 2. The van der Waals surface area contributed by atoms with Gasteiger partial charge in [0.25, 0.3) is 0 Å². The van der Waals surface area contributed by atoms with Crippen LogP contribution in [-0.4, -0.2) is 0 Å². The second-order valence-electron chi connectivity index (χ2n) is 4.94. The lowest BCUT2D eigenvalue weighted by Gasteiger charge is -2.18. The van der Waals surface area contributed by atoms with Crippen molar-refractivity contribution in [2.45, 2.75) is 16.0 Å². The molecule has 0 bridgehead atoms. The third-order valence-corrected chi connectivity index (χ3v) is 4.41. The molecule has 3 N–H and O–H groups in total. The van der Waals surface area contributed by atoms with Crippen LogP contribution in [0.25, 0.3) is 0 Å². The largest absolute Gasteiger partial charge is 0.365 e. The Labute approximate surface area is 135 Å². The van der Waals surface area contributed by atoms with Gasteiger partial charge < -0.3 is 11.1 Å². The Balaban J connectivity index is 1.79. The van der Waals surface area contributed by atoms with Crippen molar-refractivity contribution in [3.8, 4) is 0 Å². The lowest BCUT2D eigenvalue weighted by molar-refractivity contribution is 0.832. The maximum absolute atomic E-state index is 6.27. The topological polar surface area (TPSA) is 38.0 Å². The predicted octanol–water partition coefficient (Wildman–Crippen LogP) is 4.91. The molecule has 0 aliphatic rings. The molecule has 1 atom stereocenters. The second kappa shape index (κ2) is 7.16. The average Bonchev–Trinajstić information content (AvgIpc) is 2.58. The van der Waals surface area contributed by atoms with E-state index in [1.54, 1.807) is 11.8 Å². The highest BCUT2D eigenvalue weighted by molar-refractivity contribution is 7.99. The van der Waals surface area contributed by atoms with E-state index >= 15 is 0 Å². The van der Waals surface area contributed by atoms with Crippen LogP contribution in [0.1, 0.15) is 11.7 Å². The number of hydrogen-bond acceptors (Lipinski definition) is 3. The van der Waals surface area contributed by atoms with Crippen molar-refractivity contribution in [1.82, 2.24) is 0 Å². The van der Waals surface area contributed by atoms with Crippen LogP contribution in [0.2, 0.25) is 0 Å². The van der Waals surface area contributed by atoms with Crippen LogP contribution >= 0.6 is 11.8 Å². The van der Waals surface area contributed by atoms with E-state index in [4.69, 9.17) is 5.73 Å². The summed E-state index contributed by atoms with van der Waals surface area (Å²) in [4.78, 5) is 2.38. The minimum atomic E-state index is -0.223. The fourth-order valence-corrected chi connectivity index (χ4v) is 3.13.